The summed E-state index contributed by atoms with van der Waals surface area (Å²) in [7, 11) is 0. The maximum Gasteiger partial charge on any atom is 0.0397 e. The van der Waals surface area contributed by atoms with E-state index in [1.807, 2.05) is 0 Å². The lowest BCUT2D eigenvalue weighted by Gasteiger charge is -2.21. The third-order valence-electron chi connectivity index (χ3n) is 2.86. The lowest BCUT2D eigenvalue weighted by atomic mass is 9.93. The third kappa shape index (κ3) is 0.697. The molecule has 2 aliphatic rings. The maximum atomic E-state index is 3.44. The molecule has 2 heteroatoms. The van der Waals surface area contributed by atoms with E-state index in [0.717, 1.165) is 19.0 Å². The molecule has 2 N–H and O–H groups in total. The molecule has 0 fully saturated rings. The van der Waals surface area contributed by atoms with Gasteiger partial charge in [-0.1, -0.05) is 6.07 Å². The van der Waals surface area contributed by atoms with E-state index in [4.69, 9.17) is 0 Å². The number of benzene rings is 1. The van der Waals surface area contributed by atoms with Crippen LogP contribution in [0.1, 0.15) is 17.9 Å². The van der Waals surface area contributed by atoms with Crippen LogP contribution < -0.4 is 10.6 Å². The number of hydrogen-bond donors (Lipinski definition) is 2. The quantitative estimate of drug-likeness (QED) is 0.606. The molecule has 2 heterocycles. The van der Waals surface area contributed by atoms with Crippen LogP contribution in [0.25, 0.3) is 0 Å². The number of nitrogens with one attached hydrogen (secondary N) is 2. The second-order valence-corrected chi connectivity index (χ2v) is 3.56. The molecule has 0 amide bonds. The summed E-state index contributed by atoms with van der Waals surface area (Å²) in [5.74, 6) is 0.762. The fourth-order valence-corrected chi connectivity index (χ4v) is 2.28. The molecule has 1 unspecified atom stereocenters. The van der Waals surface area contributed by atoms with Gasteiger partial charge in [0.15, 0.2) is 0 Å². The Morgan fingerprint density at radius 2 is 2.00 bits per heavy atom. The molecular weight excluding hydrogens is 148 g/mol. The van der Waals surface area contributed by atoms with Crippen molar-refractivity contribution in [3.8, 4) is 0 Å². The van der Waals surface area contributed by atoms with Gasteiger partial charge < -0.3 is 10.6 Å². The smallest absolute Gasteiger partial charge is 0.0397 e. The van der Waals surface area contributed by atoms with Crippen molar-refractivity contribution in [2.75, 3.05) is 23.7 Å². The minimum absolute atomic E-state index is 0.762. The van der Waals surface area contributed by atoms with E-state index in [9.17, 15) is 0 Å². The highest BCUT2D eigenvalue weighted by atomic mass is 15.0. The standard InChI is InChI=1S/C10H12N2/c1-2-8-10-7(4-5-11-8)6-12-9(10)3-1/h1-3,7,11-12H,4-6H2. The zero-order valence-electron chi connectivity index (χ0n) is 6.93. The van der Waals surface area contributed by atoms with E-state index in [0.29, 0.717) is 0 Å². The van der Waals surface area contributed by atoms with E-state index in [2.05, 4.69) is 28.8 Å². The molecule has 1 atom stereocenters. The number of hydrogen-bond acceptors (Lipinski definition) is 2. The van der Waals surface area contributed by atoms with Gasteiger partial charge in [0.2, 0.25) is 0 Å². The minimum atomic E-state index is 0.762. The lowest BCUT2D eigenvalue weighted by Crippen LogP contribution is -2.15. The van der Waals surface area contributed by atoms with Crippen LogP contribution in [0, 0.1) is 0 Å². The monoisotopic (exact) mass is 160 g/mol. The van der Waals surface area contributed by atoms with Gasteiger partial charge in [-0.3, -0.25) is 0 Å². The Morgan fingerprint density at radius 1 is 1.17 bits per heavy atom. The summed E-state index contributed by atoms with van der Waals surface area (Å²) in [5, 5.41) is 6.88. The van der Waals surface area contributed by atoms with Crippen LogP contribution in [0.4, 0.5) is 11.4 Å². The molecule has 0 spiro atoms. The van der Waals surface area contributed by atoms with Crippen molar-refractivity contribution < 1.29 is 0 Å². The fourth-order valence-electron chi connectivity index (χ4n) is 2.28. The van der Waals surface area contributed by atoms with E-state index >= 15 is 0 Å². The Kier molecular flexibility index (Phi) is 1.14. The maximum absolute atomic E-state index is 3.44. The van der Waals surface area contributed by atoms with Crippen LogP contribution in [0.3, 0.4) is 0 Å². The average Bonchev–Trinajstić information content (AvgIpc) is 2.52. The zero-order valence-corrected chi connectivity index (χ0v) is 6.93. The van der Waals surface area contributed by atoms with Gasteiger partial charge in [0.25, 0.3) is 0 Å². The Morgan fingerprint density at radius 3 is 2.92 bits per heavy atom. The Labute approximate surface area is 72.0 Å². The summed E-state index contributed by atoms with van der Waals surface area (Å²) >= 11 is 0. The van der Waals surface area contributed by atoms with Gasteiger partial charge >= 0.3 is 0 Å². The van der Waals surface area contributed by atoms with Crippen molar-refractivity contribution >= 4 is 11.4 Å². The summed E-state index contributed by atoms with van der Waals surface area (Å²) < 4.78 is 0. The van der Waals surface area contributed by atoms with Gasteiger partial charge in [-0.25, -0.2) is 0 Å². The van der Waals surface area contributed by atoms with Gasteiger partial charge in [-0.15, -0.1) is 0 Å². The van der Waals surface area contributed by atoms with Crippen LogP contribution in [0.2, 0.25) is 0 Å². The van der Waals surface area contributed by atoms with Crippen molar-refractivity contribution in [1.82, 2.24) is 0 Å². The molecule has 0 bridgehead atoms. The lowest BCUT2D eigenvalue weighted by molar-refractivity contribution is 0.681. The second kappa shape index (κ2) is 2.16. The fraction of sp³-hybridized carbons (Fsp3) is 0.400. The second-order valence-electron chi connectivity index (χ2n) is 3.56. The number of rotatable bonds is 0. The average molecular weight is 160 g/mol. The van der Waals surface area contributed by atoms with Crippen LogP contribution >= 0.6 is 0 Å². The summed E-state index contributed by atoms with van der Waals surface area (Å²) in [5.41, 5.74) is 4.20. The molecule has 12 heavy (non-hydrogen) atoms. The molecule has 0 saturated heterocycles. The topological polar surface area (TPSA) is 24.1 Å². The molecule has 0 saturated carbocycles. The summed E-state index contributed by atoms with van der Waals surface area (Å²) in [6, 6.07) is 6.46. The molecule has 1 aromatic carbocycles. The third-order valence-corrected chi connectivity index (χ3v) is 2.86. The van der Waals surface area contributed by atoms with Crippen LogP contribution in [0.5, 0.6) is 0 Å². The molecule has 1 aromatic rings. The Bertz CT molecular complexity index is 320. The number of anilines is 2. The van der Waals surface area contributed by atoms with E-state index in [1.165, 1.54) is 23.4 Å². The predicted molar refractivity (Wildman–Crippen MR) is 50.8 cm³/mol. The molecule has 0 aliphatic carbocycles. The summed E-state index contributed by atoms with van der Waals surface area (Å²) in [6.45, 7) is 2.26. The minimum Gasteiger partial charge on any atom is -0.385 e. The molecule has 2 nitrogen and oxygen atoms in total. The molecule has 3 rings (SSSR count). The van der Waals surface area contributed by atoms with Gasteiger partial charge in [0.05, 0.1) is 0 Å². The van der Waals surface area contributed by atoms with Crippen molar-refractivity contribution in [3.63, 3.8) is 0 Å². The Balaban J connectivity index is 2.23. The highest BCUT2D eigenvalue weighted by molar-refractivity contribution is 5.71. The van der Waals surface area contributed by atoms with Crippen LogP contribution in [0.15, 0.2) is 18.2 Å². The van der Waals surface area contributed by atoms with Crippen molar-refractivity contribution in [2.45, 2.75) is 12.3 Å². The molecule has 0 aromatic heterocycles. The van der Waals surface area contributed by atoms with Gasteiger partial charge in [0.1, 0.15) is 0 Å². The van der Waals surface area contributed by atoms with E-state index in [-0.39, 0.29) is 0 Å². The molecule has 62 valence electrons. The van der Waals surface area contributed by atoms with Crippen molar-refractivity contribution in [1.29, 1.82) is 0 Å². The van der Waals surface area contributed by atoms with Gasteiger partial charge in [0, 0.05) is 35.9 Å². The highest BCUT2D eigenvalue weighted by Gasteiger charge is 2.27. The van der Waals surface area contributed by atoms with Crippen LogP contribution in [-0.4, -0.2) is 13.1 Å². The normalized spacial score (nSPS) is 24.2. The molecular formula is C10H12N2. The predicted octanol–water partition coefficient (Wildman–Crippen LogP) is 2.01. The first-order valence-electron chi connectivity index (χ1n) is 4.56. The summed E-state index contributed by atoms with van der Waals surface area (Å²) in [6.07, 6.45) is 1.27. The molecule has 2 aliphatic heterocycles. The first-order chi connectivity index (χ1) is 5.95. The largest absolute Gasteiger partial charge is 0.385 e. The molecule has 0 radical (unpaired) electrons. The van der Waals surface area contributed by atoms with E-state index in [1.54, 1.807) is 0 Å². The van der Waals surface area contributed by atoms with Gasteiger partial charge in [-0.2, -0.15) is 0 Å². The Hall–Kier alpha value is -1.18. The van der Waals surface area contributed by atoms with Gasteiger partial charge in [-0.05, 0) is 18.6 Å². The van der Waals surface area contributed by atoms with Crippen molar-refractivity contribution in [3.05, 3.63) is 23.8 Å². The SMILES string of the molecule is c1cc2c3c(c1)NCC3CCN2. The van der Waals surface area contributed by atoms with Crippen LogP contribution in [-0.2, 0) is 0 Å². The summed E-state index contributed by atoms with van der Waals surface area (Å²) in [4.78, 5) is 0. The highest BCUT2D eigenvalue weighted by Crippen LogP contribution is 2.41. The first kappa shape index (κ1) is 6.35. The van der Waals surface area contributed by atoms with E-state index < -0.39 is 0 Å². The first-order valence-corrected chi connectivity index (χ1v) is 4.56. The zero-order chi connectivity index (χ0) is 7.97. The van der Waals surface area contributed by atoms with Crippen molar-refractivity contribution in [2.24, 2.45) is 0 Å².